The van der Waals surface area contributed by atoms with E-state index in [1.807, 2.05) is 0 Å². The average molecular weight is 597 g/mol. The van der Waals surface area contributed by atoms with E-state index in [2.05, 4.69) is 16.0 Å². The van der Waals surface area contributed by atoms with Gasteiger partial charge in [-0.2, -0.15) is 0 Å². The first-order valence-corrected chi connectivity index (χ1v) is 13.7. The standard InChI is InChI=1S/C30H27F3N4O6/c31-19-7-1-16(2-8-19)22-13-25(22)34-28(38)41-37(42-29(39)35-26-14-23(26)17-3-9-20(32)10-4-17)43-30(40)36-27-15-24(27)18-5-11-21(33)12-6-18/h1-12,22-27H,13-15H2,(H,34,38)(H,35,39)(H,36,40)/t22-,23-,24-,25+,26+,27+/m0/s1. The normalized spacial score (nSPS) is 24.8. The van der Waals surface area contributed by atoms with Crippen molar-refractivity contribution >= 4 is 18.3 Å². The monoisotopic (exact) mass is 596 g/mol. The minimum Gasteiger partial charge on any atom is -0.317 e. The third-order valence-electron chi connectivity index (χ3n) is 7.65. The van der Waals surface area contributed by atoms with E-state index in [1.54, 1.807) is 36.4 Å². The zero-order chi connectivity index (χ0) is 30.1. The number of amides is 3. The lowest BCUT2D eigenvalue weighted by molar-refractivity contribution is -0.450. The van der Waals surface area contributed by atoms with E-state index in [4.69, 9.17) is 14.5 Å². The highest BCUT2D eigenvalue weighted by Crippen LogP contribution is 2.42. The molecule has 0 radical (unpaired) electrons. The Morgan fingerprint density at radius 2 is 0.767 bits per heavy atom. The first kappa shape index (κ1) is 28.3. The summed E-state index contributed by atoms with van der Waals surface area (Å²) in [5, 5.41) is 7.77. The second-order valence-corrected chi connectivity index (χ2v) is 10.8. The Balaban J connectivity index is 1.03. The Hall–Kier alpha value is -4.78. The van der Waals surface area contributed by atoms with E-state index in [0.717, 1.165) is 16.7 Å². The number of nitrogens with zero attached hydrogens (tertiary/aromatic N) is 1. The van der Waals surface area contributed by atoms with Crippen molar-refractivity contribution in [3.8, 4) is 0 Å². The summed E-state index contributed by atoms with van der Waals surface area (Å²) in [6.07, 6.45) is -1.45. The van der Waals surface area contributed by atoms with Crippen molar-refractivity contribution in [2.45, 2.75) is 55.1 Å². The van der Waals surface area contributed by atoms with Crippen LogP contribution in [0.5, 0.6) is 0 Å². The van der Waals surface area contributed by atoms with E-state index in [1.165, 1.54) is 36.4 Å². The first-order valence-electron chi connectivity index (χ1n) is 13.7. The van der Waals surface area contributed by atoms with Crippen molar-refractivity contribution in [3.05, 3.63) is 107 Å². The molecule has 0 saturated heterocycles. The molecule has 0 spiro atoms. The summed E-state index contributed by atoms with van der Waals surface area (Å²) >= 11 is 0. The van der Waals surface area contributed by atoms with Crippen molar-refractivity contribution in [2.75, 3.05) is 0 Å². The molecule has 3 amide bonds. The van der Waals surface area contributed by atoms with Crippen molar-refractivity contribution in [3.63, 3.8) is 0 Å². The summed E-state index contributed by atoms with van der Waals surface area (Å²) in [6, 6.07) is 16.7. The number of nitrogens with one attached hydrogen (secondary N) is 3. The molecule has 0 aliphatic heterocycles. The fourth-order valence-corrected chi connectivity index (χ4v) is 5.09. The van der Waals surface area contributed by atoms with Crippen LogP contribution in [0.25, 0.3) is 0 Å². The number of halogens is 3. The van der Waals surface area contributed by atoms with Crippen LogP contribution in [0.15, 0.2) is 72.8 Å². The van der Waals surface area contributed by atoms with Crippen LogP contribution in [0.3, 0.4) is 0 Å². The molecular weight excluding hydrogens is 569 g/mol. The molecule has 0 heterocycles. The Kier molecular flexibility index (Phi) is 7.80. The minimum absolute atomic E-state index is 0.0137. The molecule has 10 nitrogen and oxygen atoms in total. The Labute approximate surface area is 244 Å². The van der Waals surface area contributed by atoms with Gasteiger partial charge in [0.15, 0.2) is 0 Å². The summed E-state index contributed by atoms with van der Waals surface area (Å²) < 4.78 is 39.7. The molecule has 43 heavy (non-hydrogen) atoms. The topological polar surface area (TPSA) is 118 Å². The van der Waals surface area contributed by atoms with Gasteiger partial charge in [-0.05, 0) is 72.4 Å². The number of carbonyl (C=O) groups is 3. The molecule has 3 fully saturated rings. The number of hydrogen-bond donors (Lipinski definition) is 3. The molecule has 0 unspecified atom stereocenters. The maximum absolute atomic E-state index is 13.2. The molecule has 3 aromatic carbocycles. The molecule has 6 rings (SSSR count). The Morgan fingerprint density at radius 1 is 0.512 bits per heavy atom. The molecule has 3 aliphatic carbocycles. The van der Waals surface area contributed by atoms with Gasteiger partial charge in [0.25, 0.3) is 0 Å². The van der Waals surface area contributed by atoms with Gasteiger partial charge in [0.1, 0.15) is 17.5 Å². The number of hydrogen-bond acceptors (Lipinski definition) is 7. The fraction of sp³-hybridized carbons (Fsp3) is 0.300. The van der Waals surface area contributed by atoms with Gasteiger partial charge >= 0.3 is 18.3 Å². The van der Waals surface area contributed by atoms with Crippen LogP contribution in [0, 0.1) is 17.5 Å². The average Bonchev–Trinajstić information content (AvgIpc) is 3.87. The highest BCUT2D eigenvalue weighted by Gasteiger charge is 2.43. The van der Waals surface area contributed by atoms with Crippen LogP contribution in [0.2, 0.25) is 0 Å². The predicted octanol–water partition coefficient (Wildman–Crippen LogP) is 5.30. The van der Waals surface area contributed by atoms with Gasteiger partial charge in [-0.25, -0.2) is 27.6 Å². The molecule has 224 valence electrons. The third-order valence-corrected chi connectivity index (χ3v) is 7.65. The van der Waals surface area contributed by atoms with Crippen molar-refractivity contribution in [1.82, 2.24) is 21.3 Å². The van der Waals surface area contributed by atoms with Crippen LogP contribution >= 0.6 is 0 Å². The SMILES string of the molecule is O=C(N[C@@H]1C[C@H]1c1ccc(F)cc1)ON(OC(=O)N[C@@H]1C[C@H]1c1ccc(F)cc1)OC(=O)N[C@@H]1C[C@H]1c1ccc(F)cc1. The smallest absolute Gasteiger partial charge is 0.317 e. The molecule has 3 saturated carbocycles. The number of rotatable bonds is 9. The lowest BCUT2D eigenvalue weighted by Gasteiger charge is -2.18. The molecule has 0 bridgehead atoms. The Bertz CT molecular complexity index is 1310. The van der Waals surface area contributed by atoms with Crippen LogP contribution in [-0.2, 0) is 14.5 Å². The van der Waals surface area contributed by atoms with Crippen LogP contribution < -0.4 is 16.0 Å². The van der Waals surface area contributed by atoms with Gasteiger partial charge in [0.05, 0.1) is 0 Å². The van der Waals surface area contributed by atoms with E-state index in [-0.39, 0.29) is 58.7 Å². The van der Waals surface area contributed by atoms with Gasteiger partial charge in [-0.15, -0.1) is 0 Å². The van der Waals surface area contributed by atoms with Gasteiger partial charge in [0, 0.05) is 35.9 Å². The van der Waals surface area contributed by atoms with Crippen LogP contribution in [0.1, 0.15) is 53.7 Å². The summed E-state index contributed by atoms with van der Waals surface area (Å²) in [6.45, 7) is 0. The van der Waals surface area contributed by atoms with Crippen molar-refractivity contribution in [1.29, 1.82) is 0 Å². The van der Waals surface area contributed by atoms with Crippen molar-refractivity contribution < 1.29 is 42.1 Å². The van der Waals surface area contributed by atoms with Gasteiger partial charge in [-0.1, -0.05) is 36.4 Å². The summed E-state index contributed by atoms with van der Waals surface area (Å²) in [5.41, 5.74) is 2.49. The minimum atomic E-state index is -1.05. The fourth-order valence-electron chi connectivity index (χ4n) is 5.09. The van der Waals surface area contributed by atoms with E-state index < -0.39 is 18.3 Å². The summed E-state index contributed by atoms with van der Waals surface area (Å²) in [7, 11) is 0. The van der Waals surface area contributed by atoms with Crippen LogP contribution in [0.4, 0.5) is 27.6 Å². The number of benzene rings is 3. The summed E-state index contributed by atoms with van der Waals surface area (Å²) in [4.78, 5) is 52.6. The molecule has 3 N–H and O–H groups in total. The van der Waals surface area contributed by atoms with E-state index in [0.29, 0.717) is 19.3 Å². The molecule has 3 aliphatic rings. The highest BCUT2D eigenvalue weighted by atomic mass is 19.1. The lowest BCUT2D eigenvalue weighted by Crippen LogP contribution is -2.43. The zero-order valence-corrected chi connectivity index (χ0v) is 22.5. The lowest BCUT2D eigenvalue weighted by atomic mass is 10.1. The Morgan fingerprint density at radius 3 is 1.02 bits per heavy atom. The molecule has 6 atom stereocenters. The van der Waals surface area contributed by atoms with Crippen LogP contribution in [-0.4, -0.2) is 41.8 Å². The zero-order valence-electron chi connectivity index (χ0n) is 22.5. The largest absolute Gasteiger partial charge is 0.431 e. The van der Waals surface area contributed by atoms with E-state index in [9.17, 15) is 27.6 Å². The van der Waals surface area contributed by atoms with Gasteiger partial charge in [-0.3, -0.25) is 14.5 Å². The second kappa shape index (κ2) is 11.8. The molecule has 0 aromatic heterocycles. The van der Waals surface area contributed by atoms with Gasteiger partial charge < -0.3 is 16.0 Å². The van der Waals surface area contributed by atoms with Gasteiger partial charge in [0.2, 0.25) is 5.39 Å². The molecular formula is C30H27F3N4O6. The first-order chi connectivity index (χ1) is 20.7. The second-order valence-electron chi connectivity index (χ2n) is 10.8. The van der Waals surface area contributed by atoms with E-state index >= 15 is 0 Å². The highest BCUT2D eigenvalue weighted by molar-refractivity contribution is 5.71. The quantitative estimate of drug-likeness (QED) is 0.287. The summed E-state index contributed by atoms with van der Waals surface area (Å²) in [5.74, 6) is -1.31. The third kappa shape index (κ3) is 7.36. The number of carbonyl (C=O) groups excluding carboxylic acids is 3. The maximum Gasteiger partial charge on any atom is 0.431 e. The maximum atomic E-state index is 13.2. The predicted molar refractivity (Wildman–Crippen MR) is 143 cm³/mol. The molecule has 13 heteroatoms. The van der Waals surface area contributed by atoms with Crippen molar-refractivity contribution in [2.24, 2.45) is 0 Å². The molecule has 3 aromatic rings.